The highest BCUT2D eigenvalue weighted by atomic mass is 32.2. The Morgan fingerprint density at radius 3 is 2.25 bits per heavy atom. The second-order valence-corrected chi connectivity index (χ2v) is 5.27. The fraction of sp³-hybridized carbons (Fsp3) is 1.00. The number of nitrogens with zero attached hydrogens (tertiary/aromatic N) is 1. The van der Waals surface area contributed by atoms with Gasteiger partial charge in [-0.2, -0.15) is 11.8 Å². The van der Waals surface area contributed by atoms with E-state index in [0.717, 1.165) is 11.2 Å². The van der Waals surface area contributed by atoms with Gasteiger partial charge < -0.3 is 4.90 Å². The first-order valence-electron chi connectivity index (χ1n) is 4.77. The van der Waals surface area contributed by atoms with Crippen molar-refractivity contribution >= 4 is 11.8 Å². The number of hydrogen-bond acceptors (Lipinski definition) is 2. The van der Waals surface area contributed by atoms with Gasteiger partial charge in [0.25, 0.3) is 0 Å². The van der Waals surface area contributed by atoms with Gasteiger partial charge in [-0.15, -0.1) is 0 Å². The lowest BCUT2D eigenvalue weighted by Gasteiger charge is -2.20. The molecule has 0 N–H and O–H groups in total. The van der Waals surface area contributed by atoms with Crippen molar-refractivity contribution in [2.75, 3.05) is 26.4 Å². The van der Waals surface area contributed by atoms with E-state index < -0.39 is 0 Å². The standard InChI is InChI=1S/C10H23NS/c1-9(2)6-7-11(4)8-10(3)12-5/h9-10H,6-8H2,1-5H3. The highest BCUT2D eigenvalue weighted by Gasteiger charge is 2.04. The monoisotopic (exact) mass is 189 g/mol. The summed E-state index contributed by atoms with van der Waals surface area (Å²) in [5.74, 6) is 0.831. The van der Waals surface area contributed by atoms with Crippen LogP contribution in [-0.2, 0) is 0 Å². The van der Waals surface area contributed by atoms with Gasteiger partial charge in [0, 0.05) is 11.8 Å². The zero-order valence-corrected chi connectivity index (χ0v) is 9.95. The van der Waals surface area contributed by atoms with Crippen molar-refractivity contribution in [1.82, 2.24) is 4.90 Å². The molecule has 0 aromatic heterocycles. The third-order valence-corrected chi connectivity index (χ3v) is 3.01. The van der Waals surface area contributed by atoms with Crippen molar-refractivity contribution in [1.29, 1.82) is 0 Å². The molecule has 74 valence electrons. The Labute approximate surface area is 81.9 Å². The Morgan fingerprint density at radius 2 is 1.83 bits per heavy atom. The molecule has 0 amide bonds. The Balaban J connectivity index is 3.39. The zero-order chi connectivity index (χ0) is 9.56. The van der Waals surface area contributed by atoms with E-state index in [4.69, 9.17) is 0 Å². The van der Waals surface area contributed by atoms with Crippen LogP contribution in [0.3, 0.4) is 0 Å². The summed E-state index contributed by atoms with van der Waals surface area (Å²) in [6.07, 6.45) is 3.50. The molecule has 1 atom stereocenters. The van der Waals surface area contributed by atoms with Crippen LogP contribution in [0.4, 0.5) is 0 Å². The molecule has 0 fully saturated rings. The molecule has 0 aliphatic rings. The van der Waals surface area contributed by atoms with Crippen molar-refractivity contribution in [2.24, 2.45) is 5.92 Å². The van der Waals surface area contributed by atoms with Crippen molar-refractivity contribution in [3.05, 3.63) is 0 Å². The average Bonchev–Trinajstić information content (AvgIpc) is 2.00. The number of rotatable bonds is 6. The van der Waals surface area contributed by atoms with E-state index in [1.54, 1.807) is 0 Å². The van der Waals surface area contributed by atoms with E-state index in [-0.39, 0.29) is 0 Å². The van der Waals surface area contributed by atoms with Gasteiger partial charge in [0.15, 0.2) is 0 Å². The molecular formula is C10H23NS. The van der Waals surface area contributed by atoms with Crippen LogP contribution in [0, 0.1) is 5.92 Å². The minimum atomic E-state index is 0.766. The van der Waals surface area contributed by atoms with Crippen LogP contribution in [0.25, 0.3) is 0 Å². The Morgan fingerprint density at radius 1 is 1.25 bits per heavy atom. The highest BCUT2D eigenvalue weighted by Crippen LogP contribution is 2.07. The summed E-state index contributed by atoms with van der Waals surface area (Å²) in [6, 6.07) is 0. The van der Waals surface area contributed by atoms with Crippen molar-refractivity contribution in [2.45, 2.75) is 32.4 Å². The lowest BCUT2D eigenvalue weighted by molar-refractivity contribution is 0.314. The fourth-order valence-electron chi connectivity index (χ4n) is 1.08. The summed E-state index contributed by atoms with van der Waals surface area (Å²) in [6.45, 7) is 9.31. The molecular weight excluding hydrogens is 166 g/mol. The second kappa shape index (κ2) is 6.79. The lowest BCUT2D eigenvalue weighted by atomic mass is 10.1. The number of hydrogen-bond donors (Lipinski definition) is 0. The third kappa shape index (κ3) is 6.99. The molecule has 0 aliphatic carbocycles. The molecule has 0 rings (SSSR count). The maximum Gasteiger partial charge on any atom is 0.0143 e. The fourth-order valence-corrected chi connectivity index (χ4v) is 1.49. The summed E-state index contributed by atoms with van der Waals surface area (Å²) in [4.78, 5) is 2.43. The first kappa shape index (κ1) is 12.3. The van der Waals surface area contributed by atoms with Gasteiger partial charge in [-0.1, -0.05) is 20.8 Å². The molecule has 2 heteroatoms. The van der Waals surface area contributed by atoms with E-state index in [1.165, 1.54) is 19.5 Å². The average molecular weight is 189 g/mol. The van der Waals surface area contributed by atoms with E-state index in [9.17, 15) is 0 Å². The van der Waals surface area contributed by atoms with E-state index >= 15 is 0 Å². The van der Waals surface area contributed by atoms with Crippen molar-refractivity contribution in [3.63, 3.8) is 0 Å². The Hall–Kier alpha value is 0.310. The maximum atomic E-state index is 2.43. The summed E-state index contributed by atoms with van der Waals surface area (Å²) in [5, 5.41) is 0.766. The van der Waals surface area contributed by atoms with Gasteiger partial charge in [-0.25, -0.2) is 0 Å². The van der Waals surface area contributed by atoms with Gasteiger partial charge in [-0.3, -0.25) is 0 Å². The van der Waals surface area contributed by atoms with Crippen LogP contribution in [0.2, 0.25) is 0 Å². The predicted molar refractivity (Wildman–Crippen MR) is 59.9 cm³/mol. The molecule has 12 heavy (non-hydrogen) atoms. The van der Waals surface area contributed by atoms with Gasteiger partial charge in [0.05, 0.1) is 0 Å². The summed E-state index contributed by atoms with van der Waals surface area (Å²) in [7, 11) is 2.22. The minimum Gasteiger partial charge on any atom is -0.305 e. The van der Waals surface area contributed by atoms with Gasteiger partial charge in [0.2, 0.25) is 0 Å². The van der Waals surface area contributed by atoms with Gasteiger partial charge in [0.1, 0.15) is 0 Å². The first-order valence-corrected chi connectivity index (χ1v) is 6.06. The zero-order valence-electron chi connectivity index (χ0n) is 9.13. The smallest absolute Gasteiger partial charge is 0.0143 e. The molecule has 1 unspecified atom stereocenters. The van der Waals surface area contributed by atoms with Crippen LogP contribution < -0.4 is 0 Å². The number of thioether (sulfide) groups is 1. The van der Waals surface area contributed by atoms with Gasteiger partial charge in [-0.05, 0) is 32.2 Å². The molecule has 1 nitrogen and oxygen atoms in total. The Bertz CT molecular complexity index is 104. The largest absolute Gasteiger partial charge is 0.305 e. The van der Waals surface area contributed by atoms with E-state index in [1.807, 2.05) is 11.8 Å². The third-order valence-electron chi connectivity index (χ3n) is 2.06. The van der Waals surface area contributed by atoms with Crippen LogP contribution in [0.1, 0.15) is 27.2 Å². The maximum absolute atomic E-state index is 2.43. The molecule has 0 aromatic carbocycles. The molecule has 0 aliphatic heterocycles. The molecule has 0 radical (unpaired) electrons. The minimum absolute atomic E-state index is 0.766. The molecule has 0 saturated heterocycles. The van der Waals surface area contributed by atoms with E-state index in [2.05, 4.69) is 39.0 Å². The van der Waals surface area contributed by atoms with Crippen molar-refractivity contribution in [3.8, 4) is 0 Å². The molecule has 0 aromatic rings. The summed E-state index contributed by atoms with van der Waals surface area (Å²) >= 11 is 1.95. The summed E-state index contributed by atoms with van der Waals surface area (Å²) < 4.78 is 0. The lowest BCUT2D eigenvalue weighted by Crippen LogP contribution is -2.27. The second-order valence-electron chi connectivity index (χ2n) is 3.99. The predicted octanol–water partition coefficient (Wildman–Crippen LogP) is 2.72. The van der Waals surface area contributed by atoms with Gasteiger partial charge >= 0.3 is 0 Å². The molecule has 0 heterocycles. The van der Waals surface area contributed by atoms with Crippen molar-refractivity contribution < 1.29 is 0 Å². The van der Waals surface area contributed by atoms with Crippen LogP contribution in [0.5, 0.6) is 0 Å². The molecule has 0 bridgehead atoms. The highest BCUT2D eigenvalue weighted by molar-refractivity contribution is 7.99. The Kier molecular flexibility index (Phi) is 6.96. The quantitative estimate of drug-likeness (QED) is 0.632. The van der Waals surface area contributed by atoms with Crippen LogP contribution in [0.15, 0.2) is 0 Å². The summed E-state index contributed by atoms with van der Waals surface area (Å²) in [5.41, 5.74) is 0. The SMILES string of the molecule is CSC(C)CN(C)CCC(C)C. The van der Waals surface area contributed by atoms with E-state index in [0.29, 0.717) is 0 Å². The molecule has 0 spiro atoms. The van der Waals surface area contributed by atoms with Crippen LogP contribution >= 0.6 is 11.8 Å². The topological polar surface area (TPSA) is 3.24 Å². The first-order chi connectivity index (χ1) is 5.56. The normalized spacial score (nSPS) is 14.2. The van der Waals surface area contributed by atoms with Crippen LogP contribution in [-0.4, -0.2) is 36.5 Å². The molecule has 0 saturated carbocycles.